The first-order valence-electron chi connectivity index (χ1n) is 5.88. The summed E-state index contributed by atoms with van der Waals surface area (Å²) in [5.41, 5.74) is 0.814. The van der Waals surface area contributed by atoms with E-state index in [0.29, 0.717) is 0 Å². The molecule has 1 aromatic heterocycles. The van der Waals surface area contributed by atoms with E-state index in [1.54, 1.807) is 11.3 Å². The third-order valence-corrected chi connectivity index (χ3v) is 4.71. The maximum absolute atomic E-state index is 12.2. The highest BCUT2D eigenvalue weighted by atomic mass is 79.9. The van der Waals surface area contributed by atoms with Crippen molar-refractivity contribution in [2.24, 2.45) is 5.92 Å². The van der Waals surface area contributed by atoms with E-state index in [1.807, 2.05) is 23.4 Å². The van der Waals surface area contributed by atoms with E-state index in [4.69, 9.17) is 0 Å². The van der Waals surface area contributed by atoms with Gasteiger partial charge in [0.1, 0.15) is 0 Å². The monoisotopic (exact) mass is 352 g/mol. The molecule has 0 aliphatic carbocycles. The molecule has 3 nitrogen and oxygen atoms in total. The molecule has 0 aromatic carbocycles. The van der Waals surface area contributed by atoms with E-state index in [1.165, 1.54) is 0 Å². The Bertz CT molecular complexity index is 391. The van der Waals surface area contributed by atoms with Crippen LogP contribution in [0.3, 0.4) is 0 Å². The molecule has 0 saturated carbocycles. The van der Waals surface area contributed by atoms with E-state index in [9.17, 15) is 4.79 Å². The van der Waals surface area contributed by atoms with E-state index in [-0.39, 0.29) is 18.3 Å². The second-order valence-corrected chi connectivity index (χ2v) is 6.72. The molecule has 18 heavy (non-hydrogen) atoms. The van der Waals surface area contributed by atoms with Gasteiger partial charge in [-0.05, 0) is 54.3 Å². The Kier molecular flexibility index (Phi) is 6.63. The molecule has 2 rings (SSSR count). The summed E-state index contributed by atoms with van der Waals surface area (Å²) in [7, 11) is 1.99. The zero-order valence-corrected chi connectivity index (χ0v) is 13.5. The van der Waals surface area contributed by atoms with Crippen molar-refractivity contribution < 1.29 is 4.79 Å². The average Bonchev–Trinajstić information content (AvgIpc) is 2.76. The van der Waals surface area contributed by atoms with Gasteiger partial charge in [-0.15, -0.1) is 23.7 Å². The Morgan fingerprint density at radius 2 is 2.22 bits per heavy atom. The molecule has 1 aromatic rings. The minimum Gasteiger partial charge on any atom is -0.339 e. The van der Waals surface area contributed by atoms with Crippen LogP contribution in [0, 0.1) is 5.92 Å². The first-order chi connectivity index (χ1) is 8.20. The molecule has 1 N–H and O–H groups in total. The molecule has 1 saturated heterocycles. The number of nitrogens with one attached hydrogen (secondary N) is 1. The van der Waals surface area contributed by atoms with Gasteiger partial charge < -0.3 is 10.2 Å². The van der Waals surface area contributed by atoms with E-state index < -0.39 is 0 Å². The highest BCUT2D eigenvalue weighted by Gasteiger charge is 2.23. The largest absolute Gasteiger partial charge is 0.339 e. The Balaban J connectivity index is 0.00000162. The number of amides is 1. The molecule has 102 valence electrons. The highest BCUT2D eigenvalue weighted by molar-refractivity contribution is 9.11. The fraction of sp³-hybridized carbons (Fsp3) is 0.583. The standard InChI is InChI=1S/C12H17BrN2OS.ClH/c1-14-7-9-2-4-15(5-3-9)12(16)10-6-11(13)17-8-10;/h6,8-9,14H,2-5,7H2,1H3;1H. The molecular formula is C12H18BrClN2OS. The Morgan fingerprint density at radius 3 is 2.72 bits per heavy atom. The fourth-order valence-corrected chi connectivity index (χ4v) is 3.36. The lowest BCUT2D eigenvalue weighted by atomic mass is 9.96. The van der Waals surface area contributed by atoms with Gasteiger partial charge in [-0.1, -0.05) is 0 Å². The molecule has 0 radical (unpaired) electrons. The van der Waals surface area contributed by atoms with E-state index >= 15 is 0 Å². The first kappa shape index (κ1) is 16.0. The van der Waals surface area contributed by atoms with Crippen molar-refractivity contribution in [3.8, 4) is 0 Å². The number of piperidine rings is 1. The summed E-state index contributed by atoms with van der Waals surface area (Å²) < 4.78 is 1.02. The summed E-state index contributed by atoms with van der Waals surface area (Å²) in [4.78, 5) is 14.1. The smallest absolute Gasteiger partial charge is 0.254 e. The van der Waals surface area contributed by atoms with E-state index in [0.717, 1.165) is 47.7 Å². The topological polar surface area (TPSA) is 32.3 Å². The van der Waals surface area contributed by atoms with Gasteiger partial charge >= 0.3 is 0 Å². The van der Waals surface area contributed by atoms with Crippen molar-refractivity contribution in [3.63, 3.8) is 0 Å². The van der Waals surface area contributed by atoms with Crippen molar-refractivity contribution in [3.05, 3.63) is 20.8 Å². The van der Waals surface area contributed by atoms with Crippen molar-refractivity contribution in [2.45, 2.75) is 12.8 Å². The number of carbonyl (C=O) groups is 1. The van der Waals surface area contributed by atoms with Gasteiger partial charge in [-0.2, -0.15) is 0 Å². The molecule has 0 spiro atoms. The van der Waals surface area contributed by atoms with Gasteiger partial charge in [0.05, 0.1) is 9.35 Å². The molecule has 0 unspecified atom stereocenters. The van der Waals surface area contributed by atoms with Gasteiger partial charge in [-0.3, -0.25) is 4.79 Å². The van der Waals surface area contributed by atoms with E-state index in [2.05, 4.69) is 21.2 Å². The molecule has 0 bridgehead atoms. The van der Waals surface area contributed by atoms with Crippen LogP contribution >= 0.6 is 39.7 Å². The fourth-order valence-electron chi connectivity index (χ4n) is 2.23. The van der Waals surface area contributed by atoms with Gasteiger partial charge in [0.2, 0.25) is 0 Å². The summed E-state index contributed by atoms with van der Waals surface area (Å²) in [5.74, 6) is 0.896. The third kappa shape index (κ3) is 3.95. The average molecular weight is 354 g/mol. The van der Waals surface area contributed by atoms with Crippen LogP contribution in [0.4, 0.5) is 0 Å². The Hall–Kier alpha value is -0.100. The quantitative estimate of drug-likeness (QED) is 0.906. The van der Waals surface area contributed by atoms with Crippen LogP contribution in [0.5, 0.6) is 0 Å². The van der Waals surface area contributed by atoms with Crippen molar-refractivity contribution in [1.29, 1.82) is 0 Å². The minimum atomic E-state index is 0. The lowest BCUT2D eigenvalue weighted by Gasteiger charge is -2.31. The van der Waals surface area contributed by atoms with Crippen molar-refractivity contribution >= 4 is 45.6 Å². The molecule has 6 heteroatoms. The normalized spacial score (nSPS) is 16.4. The van der Waals surface area contributed by atoms with Crippen molar-refractivity contribution in [1.82, 2.24) is 10.2 Å². The molecule has 1 amide bonds. The summed E-state index contributed by atoms with van der Waals surface area (Å²) in [6.07, 6.45) is 2.22. The third-order valence-electron chi connectivity index (χ3n) is 3.21. The summed E-state index contributed by atoms with van der Waals surface area (Å²) in [6.45, 7) is 2.84. The predicted molar refractivity (Wildman–Crippen MR) is 81.8 cm³/mol. The Labute approximate surface area is 126 Å². The second kappa shape index (κ2) is 7.48. The lowest BCUT2D eigenvalue weighted by molar-refractivity contribution is 0.0691. The number of carbonyl (C=O) groups excluding carboxylic acids is 1. The molecule has 2 heterocycles. The maximum atomic E-state index is 12.2. The summed E-state index contributed by atoms with van der Waals surface area (Å²) >= 11 is 4.96. The van der Waals surface area contributed by atoms with Crippen LogP contribution in [0.2, 0.25) is 0 Å². The van der Waals surface area contributed by atoms with Gasteiger partial charge in [0.25, 0.3) is 5.91 Å². The molecular weight excluding hydrogens is 336 g/mol. The van der Waals surface area contributed by atoms with Gasteiger partial charge in [0, 0.05) is 18.5 Å². The summed E-state index contributed by atoms with van der Waals surface area (Å²) in [5, 5.41) is 5.13. The zero-order chi connectivity index (χ0) is 12.3. The molecule has 0 atom stereocenters. The predicted octanol–water partition coefficient (Wildman–Crippen LogP) is 3.00. The maximum Gasteiger partial charge on any atom is 0.254 e. The molecule has 1 aliphatic heterocycles. The van der Waals surface area contributed by atoms with Crippen LogP contribution in [0.1, 0.15) is 23.2 Å². The van der Waals surface area contributed by atoms with Crippen LogP contribution in [0.25, 0.3) is 0 Å². The highest BCUT2D eigenvalue weighted by Crippen LogP contribution is 2.24. The number of halogens is 2. The Morgan fingerprint density at radius 1 is 1.56 bits per heavy atom. The number of thiophene rings is 1. The number of likely N-dealkylation sites (tertiary alicyclic amines) is 1. The minimum absolute atomic E-state index is 0. The van der Waals surface area contributed by atoms with Crippen LogP contribution in [0.15, 0.2) is 15.2 Å². The zero-order valence-electron chi connectivity index (χ0n) is 10.3. The number of hydrogen-bond donors (Lipinski definition) is 1. The number of nitrogens with zero attached hydrogens (tertiary/aromatic N) is 1. The van der Waals surface area contributed by atoms with Crippen LogP contribution in [-0.2, 0) is 0 Å². The van der Waals surface area contributed by atoms with Crippen molar-refractivity contribution in [2.75, 3.05) is 26.7 Å². The van der Waals surface area contributed by atoms with Gasteiger partial charge in [0.15, 0.2) is 0 Å². The second-order valence-electron chi connectivity index (χ2n) is 4.43. The molecule has 1 fully saturated rings. The first-order valence-corrected chi connectivity index (χ1v) is 7.56. The van der Waals surface area contributed by atoms with Gasteiger partial charge in [-0.25, -0.2) is 0 Å². The summed E-state index contributed by atoms with van der Waals surface area (Å²) in [6, 6.07) is 1.91. The molecule has 1 aliphatic rings. The SMILES string of the molecule is CNCC1CCN(C(=O)c2csc(Br)c2)CC1.Cl. The van der Waals surface area contributed by atoms with Crippen LogP contribution in [-0.4, -0.2) is 37.5 Å². The lowest BCUT2D eigenvalue weighted by Crippen LogP contribution is -2.40. The number of hydrogen-bond acceptors (Lipinski definition) is 3. The van der Waals surface area contributed by atoms with Crippen LogP contribution < -0.4 is 5.32 Å². The number of rotatable bonds is 3.